The number of fused-ring (bicyclic) bond motifs is 12. The van der Waals surface area contributed by atoms with Gasteiger partial charge in [-0.25, -0.2) is 4.98 Å². The Bertz CT molecular complexity index is 3090. The van der Waals surface area contributed by atoms with Gasteiger partial charge in [0.2, 0.25) is 0 Å². The molecule has 0 aliphatic heterocycles. The first-order chi connectivity index (χ1) is 24.8. The van der Waals surface area contributed by atoms with Crippen molar-refractivity contribution in [3.05, 3.63) is 164 Å². The van der Waals surface area contributed by atoms with Crippen LogP contribution in [0.15, 0.2) is 152 Å². The molecule has 0 aliphatic rings. The van der Waals surface area contributed by atoms with Crippen LogP contribution in [0.4, 0.5) is 0 Å². The van der Waals surface area contributed by atoms with Crippen molar-refractivity contribution in [1.82, 2.24) is 23.5 Å². The number of hydrogen-bond donors (Lipinski definition) is 0. The second kappa shape index (κ2) is 11.4. The predicted molar refractivity (Wildman–Crippen MR) is 201 cm³/mol. The van der Waals surface area contributed by atoms with Gasteiger partial charge in [-0.2, -0.15) is 6.07 Å². The van der Waals surface area contributed by atoms with Crippen LogP contribution in [0.2, 0.25) is 0 Å². The molecule has 11 rings (SSSR count). The van der Waals surface area contributed by atoms with Gasteiger partial charge in [-0.15, -0.1) is 30.3 Å². The number of para-hydroxylation sites is 3. The molecule has 242 valence electrons. The van der Waals surface area contributed by atoms with Gasteiger partial charge < -0.3 is 18.3 Å². The van der Waals surface area contributed by atoms with Gasteiger partial charge >= 0.3 is 21.1 Å². The maximum Gasteiger partial charge on any atom is 2.00 e. The molecule has 0 atom stereocenters. The summed E-state index contributed by atoms with van der Waals surface area (Å²) in [6.07, 6.45) is 5.70. The largest absolute Gasteiger partial charge is 2.00 e. The molecule has 6 nitrogen and oxygen atoms in total. The van der Waals surface area contributed by atoms with Crippen LogP contribution >= 0.6 is 0 Å². The number of benzene rings is 6. The smallest absolute Gasteiger partial charge is 0.503 e. The van der Waals surface area contributed by atoms with Gasteiger partial charge in [0.05, 0.1) is 22.2 Å². The molecule has 0 bridgehead atoms. The molecule has 0 saturated carbocycles. The molecule has 0 radical (unpaired) electrons. The number of imidazole rings is 1. The van der Waals surface area contributed by atoms with Gasteiger partial charge in [-0.05, 0) is 53.9 Å². The summed E-state index contributed by atoms with van der Waals surface area (Å²) in [4.78, 5) is 9.53. The zero-order valence-corrected chi connectivity index (χ0v) is 29.2. The molecule has 0 amide bonds. The first kappa shape index (κ1) is 29.7. The molecule has 0 saturated heterocycles. The van der Waals surface area contributed by atoms with E-state index in [4.69, 9.17) is 14.7 Å². The van der Waals surface area contributed by atoms with Crippen molar-refractivity contribution in [1.29, 1.82) is 0 Å². The molecule has 11 aromatic rings. The number of hydrogen-bond acceptors (Lipinski definition) is 3. The molecular weight excluding hydrogens is 810 g/mol. The minimum Gasteiger partial charge on any atom is -0.503 e. The number of rotatable bonds is 4. The zero-order chi connectivity index (χ0) is 32.8. The molecule has 0 aliphatic carbocycles. The van der Waals surface area contributed by atoms with Crippen LogP contribution in [0.25, 0.3) is 82.4 Å². The minimum absolute atomic E-state index is 0. The Balaban J connectivity index is 0.00000327. The zero-order valence-electron chi connectivity index (χ0n) is 26.9. The van der Waals surface area contributed by atoms with Crippen molar-refractivity contribution >= 4 is 71.1 Å². The van der Waals surface area contributed by atoms with E-state index < -0.39 is 0 Å². The molecule has 0 fully saturated rings. The molecule has 0 N–H and O–H groups in total. The van der Waals surface area contributed by atoms with Crippen LogP contribution in [0.5, 0.6) is 11.5 Å². The number of ether oxygens (including phenoxy) is 1. The van der Waals surface area contributed by atoms with E-state index in [-0.39, 0.29) is 21.1 Å². The van der Waals surface area contributed by atoms with E-state index in [9.17, 15) is 0 Å². The summed E-state index contributed by atoms with van der Waals surface area (Å²) >= 11 is 0. The summed E-state index contributed by atoms with van der Waals surface area (Å²) < 4.78 is 13.1. The molecule has 6 aromatic carbocycles. The van der Waals surface area contributed by atoms with Crippen molar-refractivity contribution in [2.24, 2.45) is 0 Å². The number of aromatic nitrogens is 5. The second-order valence-corrected chi connectivity index (χ2v) is 12.5. The summed E-state index contributed by atoms with van der Waals surface area (Å²) in [6, 6.07) is 53.4. The van der Waals surface area contributed by atoms with Gasteiger partial charge in [0, 0.05) is 62.8 Å². The first-order valence-corrected chi connectivity index (χ1v) is 16.6. The van der Waals surface area contributed by atoms with Crippen LogP contribution in [0.3, 0.4) is 0 Å². The summed E-state index contributed by atoms with van der Waals surface area (Å²) in [5, 5.41) is 7.74. The summed E-state index contributed by atoms with van der Waals surface area (Å²) in [7, 11) is 0. The Morgan fingerprint density at radius 2 is 1.16 bits per heavy atom. The van der Waals surface area contributed by atoms with Crippen molar-refractivity contribution in [3.8, 4) is 22.9 Å². The Morgan fingerprint density at radius 3 is 2.02 bits per heavy atom. The first-order valence-electron chi connectivity index (χ1n) is 16.6. The molecule has 0 unspecified atom stereocenters. The Labute approximate surface area is 306 Å². The summed E-state index contributed by atoms with van der Waals surface area (Å²) in [5.74, 6) is 1.18. The van der Waals surface area contributed by atoms with Crippen LogP contribution in [-0.2, 0) is 21.1 Å². The third kappa shape index (κ3) is 4.40. The average molecular weight is 835 g/mol. The van der Waals surface area contributed by atoms with E-state index >= 15 is 0 Å². The Hall–Kier alpha value is -6.23. The molecule has 51 heavy (non-hydrogen) atoms. The van der Waals surface area contributed by atoms with Crippen molar-refractivity contribution in [2.75, 3.05) is 0 Å². The maximum atomic E-state index is 6.49. The quantitative estimate of drug-likeness (QED) is 0.131. The van der Waals surface area contributed by atoms with Gasteiger partial charge in [-0.1, -0.05) is 77.1 Å². The predicted octanol–water partition coefficient (Wildman–Crippen LogP) is 10.6. The van der Waals surface area contributed by atoms with Gasteiger partial charge in [0.25, 0.3) is 0 Å². The van der Waals surface area contributed by atoms with E-state index in [1.54, 1.807) is 0 Å². The van der Waals surface area contributed by atoms with Crippen molar-refractivity contribution < 1.29 is 25.8 Å². The normalized spacial score (nSPS) is 11.8. The Morgan fingerprint density at radius 1 is 0.471 bits per heavy atom. The molecular formula is C44H25N5OPt. The van der Waals surface area contributed by atoms with E-state index in [2.05, 4.69) is 129 Å². The van der Waals surface area contributed by atoms with Crippen molar-refractivity contribution in [2.45, 2.75) is 0 Å². The molecule has 5 heterocycles. The SMILES string of the molecule is [Pt+2].[c-]1c(Oc2[c-]c3c(cc2)c2cc4c(cc2n2ccnc32)c2ccccc2n4-c2ccccc2)cccc1-n1c2ccccc2c2cccnc21. The minimum atomic E-state index is 0. The maximum absolute atomic E-state index is 6.49. The van der Waals surface area contributed by atoms with E-state index in [1.165, 1.54) is 16.3 Å². The topological polar surface area (TPSA) is 49.3 Å². The third-order valence-corrected chi connectivity index (χ3v) is 9.78. The van der Waals surface area contributed by atoms with E-state index in [0.29, 0.717) is 11.5 Å². The average Bonchev–Trinajstić information content (AvgIpc) is 3.88. The van der Waals surface area contributed by atoms with E-state index in [0.717, 1.165) is 66.2 Å². The Kier molecular flexibility index (Phi) is 6.64. The monoisotopic (exact) mass is 834 g/mol. The third-order valence-electron chi connectivity index (χ3n) is 9.78. The van der Waals surface area contributed by atoms with Gasteiger partial charge in [-0.3, -0.25) is 4.98 Å². The van der Waals surface area contributed by atoms with Crippen LogP contribution in [0, 0.1) is 12.1 Å². The van der Waals surface area contributed by atoms with Gasteiger partial charge in [0.15, 0.2) is 0 Å². The van der Waals surface area contributed by atoms with Crippen LogP contribution in [0.1, 0.15) is 0 Å². The second-order valence-electron chi connectivity index (χ2n) is 12.5. The standard InChI is InChI=1S/C44H25N5O.Pt/c1-2-10-28(11-3-1)48-39-17-6-5-15-34(39)37-26-41-36(27-42(37)48)32-20-19-31(25-38(32)43-46-22-23-47(41)43)50-30-13-8-12-29(24-30)49-40-18-7-4-14-33(40)35-16-9-21-45-44(35)49;/h1-23,26-27H;/q-2;+2. The fraction of sp³-hybridized carbons (Fsp3) is 0. The molecule has 5 aromatic heterocycles. The fourth-order valence-electron chi connectivity index (χ4n) is 7.68. The summed E-state index contributed by atoms with van der Waals surface area (Å²) in [5.41, 5.74) is 8.18. The fourth-order valence-corrected chi connectivity index (χ4v) is 7.68. The van der Waals surface area contributed by atoms with Crippen LogP contribution in [-0.4, -0.2) is 23.5 Å². The molecule has 0 spiro atoms. The van der Waals surface area contributed by atoms with E-state index in [1.807, 2.05) is 48.9 Å². The summed E-state index contributed by atoms with van der Waals surface area (Å²) in [6.45, 7) is 0. The van der Waals surface area contributed by atoms with Crippen molar-refractivity contribution in [3.63, 3.8) is 0 Å². The molecule has 7 heteroatoms. The number of nitrogens with zero attached hydrogens (tertiary/aromatic N) is 5. The van der Waals surface area contributed by atoms with Crippen LogP contribution < -0.4 is 4.74 Å². The van der Waals surface area contributed by atoms with Gasteiger partial charge in [0.1, 0.15) is 5.65 Å². The number of pyridine rings is 2.